The van der Waals surface area contributed by atoms with Crippen molar-refractivity contribution in [1.82, 2.24) is 0 Å². The van der Waals surface area contributed by atoms with E-state index in [0.717, 1.165) is 0 Å². The molecule has 0 aliphatic carbocycles. The maximum atomic E-state index is 10.7. The first-order valence-corrected chi connectivity index (χ1v) is 5.17. The molecular weight excluding hydrogens is 220 g/mol. The van der Waals surface area contributed by atoms with Crippen molar-refractivity contribution in [2.45, 2.75) is 6.92 Å². The molecule has 0 aliphatic rings. The van der Waals surface area contributed by atoms with Crippen molar-refractivity contribution >= 4 is 11.7 Å². The Morgan fingerprint density at radius 1 is 1.59 bits per heavy atom. The van der Waals surface area contributed by atoms with Crippen LogP contribution in [0.25, 0.3) is 0 Å². The van der Waals surface area contributed by atoms with E-state index in [-0.39, 0.29) is 6.54 Å². The summed E-state index contributed by atoms with van der Waals surface area (Å²) in [4.78, 5) is 12.4. The zero-order valence-electron chi connectivity index (χ0n) is 9.80. The first kappa shape index (κ1) is 12.8. The van der Waals surface area contributed by atoms with Crippen LogP contribution in [0.5, 0.6) is 5.75 Å². The number of likely N-dealkylation sites (N-methyl/N-ethyl adjacent to an activating group) is 1. The standard InChI is InChI=1S/C12H14N2O3/c1-3-14(8-12(15)16)11-6-10(17-2)5-4-9(11)7-13/h4-6H,3,8H2,1-2H3,(H,15,16). The topological polar surface area (TPSA) is 73.6 Å². The average Bonchev–Trinajstić information content (AvgIpc) is 2.34. The Balaban J connectivity index is 3.15. The smallest absolute Gasteiger partial charge is 0.323 e. The molecule has 0 bridgehead atoms. The lowest BCUT2D eigenvalue weighted by molar-refractivity contribution is -0.135. The molecule has 0 aromatic heterocycles. The van der Waals surface area contributed by atoms with Crippen LogP contribution < -0.4 is 9.64 Å². The van der Waals surface area contributed by atoms with Gasteiger partial charge in [-0.3, -0.25) is 4.79 Å². The van der Waals surface area contributed by atoms with Gasteiger partial charge in [0.2, 0.25) is 0 Å². The second-order valence-electron chi connectivity index (χ2n) is 3.40. The number of hydrogen-bond acceptors (Lipinski definition) is 4. The number of nitrogens with zero attached hydrogens (tertiary/aromatic N) is 2. The van der Waals surface area contributed by atoms with Crippen molar-refractivity contribution in [2.75, 3.05) is 25.1 Å². The summed E-state index contributed by atoms with van der Waals surface area (Å²) in [6.07, 6.45) is 0. The molecule has 17 heavy (non-hydrogen) atoms. The normalized spacial score (nSPS) is 9.47. The molecule has 0 unspecified atom stereocenters. The Kier molecular flexibility index (Phi) is 4.35. The van der Waals surface area contributed by atoms with E-state index >= 15 is 0 Å². The van der Waals surface area contributed by atoms with Crippen molar-refractivity contribution < 1.29 is 14.6 Å². The predicted octanol–water partition coefficient (Wildman–Crippen LogP) is 1.48. The summed E-state index contributed by atoms with van der Waals surface area (Å²) in [5, 5.41) is 17.8. The second-order valence-corrected chi connectivity index (χ2v) is 3.40. The van der Waals surface area contributed by atoms with Crippen LogP contribution in [0.4, 0.5) is 5.69 Å². The summed E-state index contributed by atoms with van der Waals surface area (Å²) >= 11 is 0. The summed E-state index contributed by atoms with van der Waals surface area (Å²) in [5.41, 5.74) is 1.02. The number of methoxy groups -OCH3 is 1. The quantitative estimate of drug-likeness (QED) is 0.835. The van der Waals surface area contributed by atoms with Crippen LogP contribution >= 0.6 is 0 Å². The van der Waals surface area contributed by atoms with Crippen molar-refractivity contribution in [3.8, 4) is 11.8 Å². The van der Waals surface area contributed by atoms with Crippen LogP contribution in [0.1, 0.15) is 12.5 Å². The van der Waals surface area contributed by atoms with Crippen molar-refractivity contribution in [3.63, 3.8) is 0 Å². The highest BCUT2D eigenvalue weighted by Gasteiger charge is 2.13. The van der Waals surface area contributed by atoms with Crippen LogP contribution in [0.15, 0.2) is 18.2 Å². The third-order valence-corrected chi connectivity index (χ3v) is 2.37. The fourth-order valence-corrected chi connectivity index (χ4v) is 1.53. The molecule has 0 aliphatic heterocycles. The lowest BCUT2D eigenvalue weighted by Gasteiger charge is -2.22. The molecule has 0 atom stereocenters. The number of carbonyl (C=O) groups is 1. The van der Waals surface area contributed by atoms with Crippen LogP contribution in [-0.2, 0) is 4.79 Å². The Morgan fingerprint density at radius 3 is 2.76 bits per heavy atom. The van der Waals surface area contributed by atoms with Gasteiger partial charge in [0, 0.05) is 12.6 Å². The summed E-state index contributed by atoms with van der Waals surface area (Å²) in [5.74, 6) is -0.332. The van der Waals surface area contributed by atoms with Gasteiger partial charge >= 0.3 is 5.97 Å². The minimum Gasteiger partial charge on any atom is -0.497 e. The zero-order chi connectivity index (χ0) is 12.8. The minimum absolute atomic E-state index is 0.141. The number of hydrogen-bond donors (Lipinski definition) is 1. The number of anilines is 1. The molecule has 1 rings (SSSR count). The maximum absolute atomic E-state index is 10.7. The van der Waals surface area contributed by atoms with Crippen molar-refractivity contribution in [2.24, 2.45) is 0 Å². The van der Waals surface area contributed by atoms with E-state index in [0.29, 0.717) is 23.5 Å². The lowest BCUT2D eigenvalue weighted by Crippen LogP contribution is -2.29. The van der Waals surface area contributed by atoms with Crippen molar-refractivity contribution in [1.29, 1.82) is 5.26 Å². The van der Waals surface area contributed by atoms with Gasteiger partial charge in [-0.2, -0.15) is 5.26 Å². The SMILES string of the molecule is CCN(CC(=O)O)c1cc(OC)ccc1C#N. The molecule has 0 saturated heterocycles. The Hall–Kier alpha value is -2.22. The molecule has 1 N–H and O–H groups in total. The summed E-state index contributed by atoms with van der Waals surface area (Å²) < 4.78 is 5.07. The summed E-state index contributed by atoms with van der Waals surface area (Å²) in [7, 11) is 1.53. The molecule has 90 valence electrons. The monoisotopic (exact) mass is 234 g/mol. The number of nitriles is 1. The van der Waals surface area contributed by atoms with Crippen LogP contribution in [0, 0.1) is 11.3 Å². The van der Waals surface area contributed by atoms with Gasteiger partial charge < -0.3 is 14.7 Å². The highest BCUT2D eigenvalue weighted by atomic mass is 16.5. The third kappa shape index (κ3) is 3.11. The molecule has 0 amide bonds. The Morgan fingerprint density at radius 2 is 2.29 bits per heavy atom. The van der Waals surface area contributed by atoms with E-state index in [1.807, 2.05) is 13.0 Å². The first-order chi connectivity index (χ1) is 8.12. The fourth-order valence-electron chi connectivity index (χ4n) is 1.53. The molecule has 1 aromatic rings. The van der Waals surface area contributed by atoms with E-state index in [1.54, 1.807) is 23.1 Å². The number of rotatable bonds is 5. The van der Waals surface area contributed by atoms with E-state index in [1.165, 1.54) is 7.11 Å². The summed E-state index contributed by atoms with van der Waals surface area (Å²) in [6.45, 7) is 2.20. The molecule has 0 heterocycles. The molecule has 0 radical (unpaired) electrons. The van der Waals surface area contributed by atoms with Gasteiger partial charge in [-0.25, -0.2) is 0 Å². The van der Waals surface area contributed by atoms with Crippen LogP contribution in [-0.4, -0.2) is 31.3 Å². The molecule has 0 fully saturated rings. The largest absolute Gasteiger partial charge is 0.497 e. The van der Waals surface area contributed by atoms with Gasteiger partial charge in [0.15, 0.2) is 0 Å². The number of carboxylic acids is 1. The summed E-state index contributed by atoms with van der Waals surface area (Å²) in [6, 6.07) is 7.02. The first-order valence-electron chi connectivity index (χ1n) is 5.17. The molecular formula is C12H14N2O3. The maximum Gasteiger partial charge on any atom is 0.323 e. The number of carboxylic acid groups (broad SMARTS) is 1. The predicted molar refractivity (Wildman–Crippen MR) is 63.2 cm³/mol. The Bertz CT molecular complexity index is 452. The highest BCUT2D eigenvalue weighted by Crippen LogP contribution is 2.25. The third-order valence-electron chi connectivity index (χ3n) is 2.37. The van der Waals surface area contributed by atoms with E-state index in [9.17, 15) is 4.79 Å². The molecule has 0 spiro atoms. The lowest BCUT2D eigenvalue weighted by atomic mass is 10.1. The van der Waals surface area contributed by atoms with Gasteiger partial charge in [-0.1, -0.05) is 0 Å². The van der Waals surface area contributed by atoms with Gasteiger partial charge in [0.1, 0.15) is 18.4 Å². The van der Waals surface area contributed by atoms with Crippen molar-refractivity contribution in [3.05, 3.63) is 23.8 Å². The minimum atomic E-state index is -0.932. The highest BCUT2D eigenvalue weighted by molar-refractivity contribution is 5.75. The van der Waals surface area contributed by atoms with Gasteiger partial charge in [0.25, 0.3) is 0 Å². The van der Waals surface area contributed by atoms with Crippen LogP contribution in [0.2, 0.25) is 0 Å². The second kappa shape index (κ2) is 5.75. The molecule has 1 aromatic carbocycles. The zero-order valence-corrected chi connectivity index (χ0v) is 9.80. The van der Waals surface area contributed by atoms with Gasteiger partial charge in [0.05, 0.1) is 18.4 Å². The molecule has 0 saturated carbocycles. The number of aliphatic carboxylic acids is 1. The van der Waals surface area contributed by atoms with E-state index in [4.69, 9.17) is 15.1 Å². The fraction of sp³-hybridized carbons (Fsp3) is 0.333. The number of benzene rings is 1. The van der Waals surface area contributed by atoms with Gasteiger partial charge in [-0.05, 0) is 19.1 Å². The number of ether oxygens (including phenoxy) is 1. The molecule has 5 heteroatoms. The molecule has 5 nitrogen and oxygen atoms in total. The van der Waals surface area contributed by atoms with Gasteiger partial charge in [-0.15, -0.1) is 0 Å². The average molecular weight is 234 g/mol. The Labute approximate surface area is 99.8 Å². The van der Waals surface area contributed by atoms with E-state index < -0.39 is 5.97 Å². The van der Waals surface area contributed by atoms with E-state index in [2.05, 4.69) is 0 Å². The van der Waals surface area contributed by atoms with Crippen LogP contribution in [0.3, 0.4) is 0 Å².